The lowest BCUT2D eigenvalue weighted by atomic mass is 10.4. The fourth-order valence-corrected chi connectivity index (χ4v) is 15.7. The van der Waals surface area contributed by atoms with Gasteiger partial charge in [0.1, 0.15) is 6.61 Å². The van der Waals surface area contributed by atoms with Gasteiger partial charge in [-0.25, -0.2) is 4.79 Å². The minimum absolute atomic E-state index is 0.271. The predicted molar refractivity (Wildman–Crippen MR) is 106 cm³/mol. The van der Waals surface area contributed by atoms with Gasteiger partial charge in [-0.3, -0.25) is 0 Å². The Morgan fingerprint density at radius 3 is 2.00 bits per heavy atom. The van der Waals surface area contributed by atoms with Crippen molar-refractivity contribution in [3.63, 3.8) is 0 Å². The molecule has 0 aliphatic carbocycles. The third-order valence-electron chi connectivity index (χ3n) is 2.95. The van der Waals surface area contributed by atoms with Gasteiger partial charge in [-0.05, 0) is 65.2 Å². The molecule has 0 heterocycles. The molecule has 0 unspecified atom stereocenters. The lowest BCUT2D eigenvalue weighted by Crippen LogP contribution is -2.51. The molecule has 0 N–H and O–H groups in total. The van der Waals surface area contributed by atoms with E-state index in [-0.39, 0.29) is 12.6 Å². The zero-order valence-electron chi connectivity index (χ0n) is 16.8. The van der Waals surface area contributed by atoms with Gasteiger partial charge in [0.15, 0.2) is 16.6 Å². The number of carbonyl (C=O) groups is 1. The van der Waals surface area contributed by atoms with Crippen LogP contribution in [0.4, 0.5) is 0 Å². The second-order valence-corrected chi connectivity index (χ2v) is 20.8. The van der Waals surface area contributed by atoms with E-state index in [1.54, 1.807) is 6.92 Å². The molecule has 8 heteroatoms. The van der Waals surface area contributed by atoms with Crippen LogP contribution in [0.5, 0.6) is 0 Å². The quantitative estimate of drug-likeness (QED) is 0.215. The van der Waals surface area contributed by atoms with Crippen LogP contribution in [-0.2, 0) is 22.5 Å². The maximum atomic E-state index is 11.2. The number of hydrogen-bond acceptors (Lipinski definition) is 5. The van der Waals surface area contributed by atoms with Crippen LogP contribution < -0.4 is 0 Å². The van der Waals surface area contributed by atoms with E-state index in [0.29, 0.717) is 18.8 Å². The number of carbonyl (C=O) groups excluding carboxylic acids is 1. The molecular weight excluding hydrogens is 356 g/mol. The van der Waals surface area contributed by atoms with E-state index in [4.69, 9.17) is 17.7 Å². The van der Waals surface area contributed by atoms with Crippen LogP contribution in [0.25, 0.3) is 0 Å². The summed E-state index contributed by atoms with van der Waals surface area (Å²) in [4.78, 5) is 11.2. The number of ether oxygens (including phenoxy) is 2. The second-order valence-electron chi connectivity index (χ2n) is 8.11. The Balaban J connectivity index is 3.96. The number of rotatable bonds is 12. The minimum Gasteiger partial charge on any atom is -0.460 e. The largest absolute Gasteiger partial charge is 0.460 e. The van der Waals surface area contributed by atoms with Crippen LogP contribution in [0, 0.1) is 0 Å². The zero-order valence-corrected chi connectivity index (χ0v) is 19.8. The Bertz CT molecular complexity index is 416. The van der Waals surface area contributed by atoms with E-state index >= 15 is 0 Å². The average Bonchev–Trinajstić information content (AvgIpc) is 2.32. The molecule has 0 saturated carbocycles. The van der Waals surface area contributed by atoms with Crippen molar-refractivity contribution < 1.29 is 22.5 Å². The molecular formula is C16H36O5Si3. The van der Waals surface area contributed by atoms with Gasteiger partial charge in [-0.2, -0.15) is 0 Å². The van der Waals surface area contributed by atoms with Crippen molar-refractivity contribution in [1.29, 1.82) is 0 Å². The van der Waals surface area contributed by atoms with Crippen molar-refractivity contribution in [3.8, 4) is 0 Å². The molecule has 0 bridgehead atoms. The maximum Gasteiger partial charge on any atom is 0.333 e. The smallest absolute Gasteiger partial charge is 0.333 e. The van der Waals surface area contributed by atoms with Gasteiger partial charge in [-0.15, -0.1) is 0 Å². The molecule has 0 aromatic rings. The summed E-state index contributed by atoms with van der Waals surface area (Å²) in [7, 11) is -5.40. The molecule has 0 atom stereocenters. The Hall–Kier alpha value is -0.259. The van der Waals surface area contributed by atoms with Crippen molar-refractivity contribution in [2.75, 3.05) is 19.8 Å². The highest BCUT2D eigenvalue weighted by atomic mass is 28.5. The van der Waals surface area contributed by atoms with Crippen molar-refractivity contribution in [2.45, 2.75) is 65.2 Å². The van der Waals surface area contributed by atoms with Crippen molar-refractivity contribution in [2.24, 2.45) is 0 Å². The van der Waals surface area contributed by atoms with E-state index in [9.17, 15) is 4.79 Å². The standard InChI is InChI=1S/C16H36O5Si3/c1-15(2)16(17)19-13-12-18-11-10-14-23(6,7)21-24(8,9)20-22(3,4)5/h1,10-14H2,2-9H3. The molecule has 0 saturated heterocycles. The van der Waals surface area contributed by atoms with Crippen molar-refractivity contribution >= 4 is 31.2 Å². The SMILES string of the molecule is C=C(C)C(=O)OCCOCCC[Si](C)(C)O[Si](C)(C)O[Si](C)(C)C. The average molecular weight is 393 g/mol. The van der Waals surface area contributed by atoms with E-state index in [1.165, 1.54) is 0 Å². The fourth-order valence-electron chi connectivity index (χ4n) is 2.49. The first-order valence-electron chi connectivity index (χ1n) is 8.55. The van der Waals surface area contributed by atoms with E-state index in [2.05, 4.69) is 52.4 Å². The van der Waals surface area contributed by atoms with Crippen molar-refractivity contribution in [1.82, 2.24) is 0 Å². The highest BCUT2D eigenvalue weighted by Crippen LogP contribution is 2.23. The van der Waals surface area contributed by atoms with Crippen LogP contribution in [0.15, 0.2) is 12.2 Å². The molecule has 5 nitrogen and oxygen atoms in total. The number of hydrogen-bond donors (Lipinski definition) is 0. The van der Waals surface area contributed by atoms with Gasteiger partial charge in [-0.1, -0.05) is 6.58 Å². The topological polar surface area (TPSA) is 54.0 Å². The van der Waals surface area contributed by atoms with Gasteiger partial charge in [0.2, 0.25) is 0 Å². The Kier molecular flexibility index (Phi) is 9.92. The molecule has 142 valence electrons. The molecule has 0 rings (SSSR count). The van der Waals surface area contributed by atoms with Gasteiger partial charge in [0.05, 0.1) is 6.61 Å². The molecule has 0 aromatic heterocycles. The van der Waals surface area contributed by atoms with Gasteiger partial charge in [0.25, 0.3) is 0 Å². The summed E-state index contributed by atoms with van der Waals surface area (Å²) in [5.74, 6) is -0.366. The second kappa shape index (κ2) is 10.0. The van der Waals surface area contributed by atoms with E-state index in [0.717, 1.165) is 12.5 Å². The maximum absolute atomic E-state index is 11.2. The third kappa shape index (κ3) is 13.1. The van der Waals surface area contributed by atoms with Crippen LogP contribution in [0.3, 0.4) is 0 Å². The lowest BCUT2D eigenvalue weighted by Gasteiger charge is -2.37. The monoisotopic (exact) mass is 392 g/mol. The van der Waals surface area contributed by atoms with Crippen LogP contribution in [0.2, 0.25) is 51.9 Å². The van der Waals surface area contributed by atoms with Crippen LogP contribution >= 0.6 is 0 Å². The highest BCUT2D eigenvalue weighted by molar-refractivity contribution is 6.87. The normalized spacial score (nSPS) is 13.0. The first-order chi connectivity index (χ1) is 10.7. The molecule has 0 radical (unpaired) electrons. The van der Waals surface area contributed by atoms with Gasteiger partial charge in [0, 0.05) is 12.2 Å². The van der Waals surface area contributed by atoms with Crippen molar-refractivity contribution in [3.05, 3.63) is 12.2 Å². The minimum atomic E-state index is -2.06. The van der Waals surface area contributed by atoms with Crippen LogP contribution in [0.1, 0.15) is 13.3 Å². The first-order valence-corrected chi connectivity index (χ1v) is 17.9. The summed E-state index contributed by atoms with van der Waals surface area (Å²) < 4.78 is 23.2. The highest BCUT2D eigenvalue weighted by Gasteiger charge is 2.37. The molecule has 24 heavy (non-hydrogen) atoms. The van der Waals surface area contributed by atoms with Crippen LogP contribution in [-0.4, -0.2) is 51.0 Å². The first kappa shape index (κ1) is 23.7. The molecule has 0 aliphatic heterocycles. The summed E-state index contributed by atoms with van der Waals surface area (Å²) in [6.45, 7) is 21.9. The Labute approximate surface area is 151 Å². The van der Waals surface area contributed by atoms with E-state index in [1.807, 2.05) is 0 Å². The molecule has 0 spiro atoms. The van der Waals surface area contributed by atoms with Gasteiger partial charge < -0.3 is 17.7 Å². The van der Waals surface area contributed by atoms with E-state index < -0.39 is 25.2 Å². The fraction of sp³-hybridized carbons (Fsp3) is 0.812. The number of esters is 1. The summed E-state index contributed by atoms with van der Waals surface area (Å²) in [5, 5.41) is 0. The molecule has 0 fully saturated rings. The molecule has 0 amide bonds. The zero-order chi connectivity index (χ0) is 19.0. The summed E-state index contributed by atoms with van der Waals surface area (Å²) in [6.07, 6.45) is 0.949. The Morgan fingerprint density at radius 2 is 1.50 bits per heavy atom. The molecule has 0 aromatic carbocycles. The summed E-state index contributed by atoms with van der Waals surface area (Å²) in [5.41, 5.74) is 0.409. The summed E-state index contributed by atoms with van der Waals surface area (Å²) >= 11 is 0. The predicted octanol–water partition coefficient (Wildman–Crippen LogP) is 4.29. The molecule has 0 aliphatic rings. The summed E-state index contributed by atoms with van der Waals surface area (Å²) in [6, 6.07) is 1.03. The third-order valence-corrected chi connectivity index (χ3v) is 13.1. The Morgan fingerprint density at radius 1 is 0.917 bits per heavy atom. The lowest BCUT2D eigenvalue weighted by molar-refractivity contribution is -0.140. The van der Waals surface area contributed by atoms with Gasteiger partial charge >= 0.3 is 14.5 Å².